The van der Waals surface area contributed by atoms with Crippen LogP contribution in [-0.2, 0) is 14.3 Å². The van der Waals surface area contributed by atoms with Crippen LogP contribution in [0.25, 0.3) is 0 Å². The van der Waals surface area contributed by atoms with Crippen LogP contribution in [0.3, 0.4) is 0 Å². The van der Waals surface area contributed by atoms with Crippen molar-refractivity contribution in [1.29, 1.82) is 0 Å². The number of hydrogen-bond donors (Lipinski definition) is 2. The zero-order chi connectivity index (χ0) is 15.3. The second-order valence-electron chi connectivity index (χ2n) is 4.48. The van der Waals surface area contributed by atoms with Gasteiger partial charge in [0.15, 0.2) is 0 Å². The summed E-state index contributed by atoms with van der Waals surface area (Å²) >= 11 is 0. The Balaban J connectivity index is 1.99. The Kier molecular flexibility index (Phi) is 8.99. The van der Waals surface area contributed by atoms with E-state index < -0.39 is 0 Å². The molecule has 0 atom stereocenters. The molecule has 1 aromatic carbocycles. The first kappa shape index (κ1) is 17.3. The fourth-order valence-corrected chi connectivity index (χ4v) is 1.60. The molecule has 0 spiro atoms. The minimum atomic E-state index is -0.0317. The lowest BCUT2D eigenvalue weighted by molar-refractivity contribution is -0.121. The maximum atomic E-state index is 11.6. The summed E-state index contributed by atoms with van der Waals surface area (Å²) in [6.07, 6.45) is 1.10. The van der Waals surface area contributed by atoms with Crippen LogP contribution < -0.4 is 15.8 Å². The van der Waals surface area contributed by atoms with E-state index in [4.69, 9.17) is 19.9 Å². The summed E-state index contributed by atoms with van der Waals surface area (Å²) in [5, 5.41) is 2.82. The van der Waals surface area contributed by atoms with Crippen molar-refractivity contribution < 1.29 is 19.0 Å². The van der Waals surface area contributed by atoms with Gasteiger partial charge in [0.2, 0.25) is 5.91 Å². The van der Waals surface area contributed by atoms with E-state index in [0.29, 0.717) is 50.8 Å². The van der Waals surface area contributed by atoms with Crippen LogP contribution >= 0.6 is 0 Å². The van der Waals surface area contributed by atoms with Crippen LogP contribution in [0.2, 0.25) is 0 Å². The van der Waals surface area contributed by atoms with E-state index in [1.54, 1.807) is 19.2 Å². The van der Waals surface area contributed by atoms with Gasteiger partial charge in [0, 0.05) is 32.0 Å². The Morgan fingerprint density at radius 2 is 2.10 bits per heavy atom. The second kappa shape index (κ2) is 10.9. The van der Waals surface area contributed by atoms with Crippen LogP contribution in [0.1, 0.15) is 12.8 Å². The average Bonchev–Trinajstić information content (AvgIpc) is 2.46. The predicted octanol–water partition coefficient (Wildman–Crippen LogP) is 1.21. The molecular formula is C15H24N2O4. The van der Waals surface area contributed by atoms with Gasteiger partial charge in [-0.15, -0.1) is 0 Å². The van der Waals surface area contributed by atoms with Gasteiger partial charge in [-0.2, -0.15) is 0 Å². The molecule has 0 unspecified atom stereocenters. The Bertz CT molecular complexity index is 412. The van der Waals surface area contributed by atoms with Crippen LogP contribution in [-0.4, -0.2) is 46.0 Å². The highest BCUT2D eigenvalue weighted by Gasteiger charge is 2.01. The molecule has 0 aliphatic heterocycles. The van der Waals surface area contributed by atoms with Gasteiger partial charge in [-0.25, -0.2) is 0 Å². The number of anilines is 1. The molecule has 0 bridgehead atoms. The molecule has 21 heavy (non-hydrogen) atoms. The predicted molar refractivity (Wildman–Crippen MR) is 81.3 cm³/mol. The molecule has 0 fully saturated rings. The van der Waals surface area contributed by atoms with Crippen molar-refractivity contribution >= 4 is 11.6 Å². The van der Waals surface area contributed by atoms with Crippen molar-refractivity contribution in [3.8, 4) is 5.75 Å². The largest absolute Gasteiger partial charge is 0.493 e. The Labute approximate surface area is 125 Å². The van der Waals surface area contributed by atoms with Crippen molar-refractivity contribution in [2.75, 3.05) is 45.8 Å². The highest BCUT2D eigenvalue weighted by atomic mass is 16.5. The number of amides is 1. The van der Waals surface area contributed by atoms with E-state index in [2.05, 4.69) is 5.32 Å². The number of carbonyl (C=O) groups is 1. The molecule has 6 heteroatoms. The average molecular weight is 296 g/mol. The first-order chi connectivity index (χ1) is 10.2. The van der Waals surface area contributed by atoms with Crippen LogP contribution in [0, 0.1) is 0 Å². The number of nitrogens with one attached hydrogen (secondary N) is 1. The third-order valence-electron chi connectivity index (χ3n) is 2.68. The summed E-state index contributed by atoms with van der Waals surface area (Å²) < 4.78 is 15.6. The molecule has 0 saturated carbocycles. The van der Waals surface area contributed by atoms with E-state index >= 15 is 0 Å². The molecule has 1 rings (SSSR count). The SMILES string of the molecule is COCCOCCCNC(=O)CCOc1cccc(N)c1. The van der Waals surface area contributed by atoms with Gasteiger partial charge in [0.25, 0.3) is 0 Å². The zero-order valence-corrected chi connectivity index (χ0v) is 12.5. The smallest absolute Gasteiger partial charge is 0.223 e. The number of hydrogen-bond acceptors (Lipinski definition) is 5. The molecule has 6 nitrogen and oxygen atoms in total. The number of ether oxygens (including phenoxy) is 3. The van der Waals surface area contributed by atoms with Crippen molar-refractivity contribution in [2.24, 2.45) is 0 Å². The minimum absolute atomic E-state index is 0.0317. The molecule has 0 aliphatic rings. The molecule has 1 aromatic rings. The third-order valence-corrected chi connectivity index (χ3v) is 2.68. The quantitative estimate of drug-likeness (QED) is 0.474. The molecule has 118 valence electrons. The summed E-state index contributed by atoms with van der Waals surface area (Å²) in [6, 6.07) is 7.14. The lowest BCUT2D eigenvalue weighted by Crippen LogP contribution is -2.26. The molecule has 0 saturated heterocycles. The maximum Gasteiger partial charge on any atom is 0.223 e. The minimum Gasteiger partial charge on any atom is -0.493 e. The number of nitrogens with two attached hydrogens (primary N) is 1. The van der Waals surface area contributed by atoms with Crippen LogP contribution in [0.15, 0.2) is 24.3 Å². The normalized spacial score (nSPS) is 10.3. The van der Waals surface area contributed by atoms with Crippen LogP contribution in [0.4, 0.5) is 5.69 Å². The molecule has 0 radical (unpaired) electrons. The number of carbonyl (C=O) groups excluding carboxylic acids is 1. The highest BCUT2D eigenvalue weighted by Crippen LogP contribution is 2.14. The van der Waals surface area contributed by atoms with Gasteiger partial charge in [0.05, 0.1) is 26.2 Å². The molecular weight excluding hydrogens is 272 g/mol. The summed E-state index contributed by atoms with van der Waals surface area (Å²) in [6.45, 7) is 2.72. The van der Waals surface area contributed by atoms with Gasteiger partial charge < -0.3 is 25.3 Å². The van der Waals surface area contributed by atoms with Gasteiger partial charge in [-0.3, -0.25) is 4.79 Å². The maximum absolute atomic E-state index is 11.6. The van der Waals surface area contributed by atoms with Gasteiger partial charge in [0.1, 0.15) is 5.75 Å². The Morgan fingerprint density at radius 1 is 1.24 bits per heavy atom. The zero-order valence-electron chi connectivity index (χ0n) is 12.5. The monoisotopic (exact) mass is 296 g/mol. The van der Waals surface area contributed by atoms with Crippen molar-refractivity contribution in [3.05, 3.63) is 24.3 Å². The molecule has 1 amide bonds. The molecule has 0 aliphatic carbocycles. The van der Waals surface area contributed by atoms with E-state index in [1.807, 2.05) is 12.1 Å². The van der Waals surface area contributed by atoms with E-state index in [0.717, 1.165) is 6.42 Å². The number of benzene rings is 1. The number of nitrogen functional groups attached to an aromatic ring is 1. The summed E-state index contributed by atoms with van der Waals surface area (Å²) in [5.74, 6) is 0.644. The molecule has 0 aromatic heterocycles. The molecule has 3 N–H and O–H groups in total. The lowest BCUT2D eigenvalue weighted by atomic mass is 10.3. The number of methoxy groups -OCH3 is 1. The molecule has 0 heterocycles. The Hall–Kier alpha value is -1.79. The first-order valence-electron chi connectivity index (χ1n) is 7.04. The van der Waals surface area contributed by atoms with E-state index in [-0.39, 0.29) is 5.91 Å². The van der Waals surface area contributed by atoms with Gasteiger partial charge >= 0.3 is 0 Å². The van der Waals surface area contributed by atoms with E-state index in [9.17, 15) is 4.79 Å². The van der Waals surface area contributed by atoms with Gasteiger partial charge in [-0.05, 0) is 18.6 Å². The third kappa shape index (κ3) is 8.88. The fourth-order valence-electron chi connectivity index (χ4n) is 1.60. The fraction of sp³-hybridized carbons (Fsp3) is 0.533. The van der Waals surface area contributed by atoms with Crippen LogP contribution in [0.5, 0.6) is 5.75 Å². The van der Waals surface area contributed by atoms with E-state index in [1.165, 1.54) is 0 Å². The van der Waals surface area contributed by atoms with Gasteiger partial charge in [-0.1, -0.05) is 6.07 Å². The lowest BCUT2D eigenvalue weighted by Gasteiger charge is -2.08. The topological polar surface area (TPSA) is 82.8 Å². The Morgan fingerprint density at radius 3 is 2.86 bits per heavy atom. The second-order valence-corrected chi connectivity index (χ2v) is 4.48. The van der Waals surface area contributed by atoms with Crippen molar-refractivity contribution in [3.63, 3.8) is 0 Å². The highest BCUT2D eigenvalue weighted by molar-refractivity contribution is 5.75. The van der Waals surface area contributed by atoms with Crippen molar-refractivity contribution in [1.82, 2.24) is 5.32 Å². The summed E-state index contributed by atoms with van der Waals surface area (Å²) in [5.41, 5.74) is 6.28. The van der Waals surface area contributed by atoms with Crippen molar-refractivity contribution in [2.45, 2.75) is 12.8 Å². The standard InChI is InChI=1S/C15H24N2O4/c1-19-10-11-20-8-3-7-17-15(18)6-9-21-14-5-2-4-13(16)12-14/h2,4-5,12H,3,6-11,16H2,1H3,(H,17,18). The first-order valence-corrected chi connectivity index (χ1v) is 7.04. The summed E-state index contributed by atoms with van der Waals surface area (Å²) in [4.78, 5) is 11.6. The summed E-state index contributed by atoms with van der Waals surface area (Å²) in [7, 11) is 1.63. The number of rotatable bonds is 11.